The number of sulfonamides is 1. The molecule has 0 bridgehead atoms. The summed E-state index contributed by atoms with van der Waals surface area (Å²) in [6.07, 6.45) is 2.20. The van der Waals surface area contributed by atoms with Crippen LogP contribution in [0.25, 0.3) is 10.9 Å². The number of hydrogen-bond acceptors (Lipinski definition) is 5. The van der Waals surface area contributed by atoms with E-state index in [0.29, 0.717) is 12.2 Å². The SMILES string of the molecule is COc1ccc2c(c1)c(CCNS(=O)(=O)c1ccccc1)cn2CCC(=O)[O-].[Na+]. The summed E-state index contributed by atoms with van der Waals surface area (Å²) in [5.41, 5.74) is 1.77. The molecule has 0 aliphatic heterocycles. The Labute approximate surface area is 192 Å². The molecule has 2 aromatic carbocycles. The molecular weight excluding hydrogens is 403 g/mol. The van der Waals surface area contributed by atoms with Crippen molar-refractivity contribution in [2.75, 3.05) is 13.7 Å². The van der Waals surface area contributed by atoms with E-state index in [1.165, 1.54) is 0 Å². The zero-order chi connectivity index (χ0) is 20.1. The molecule has 0 fully saturated rings. The van der Waals surface area contributed by atoms with Crippen molar-refractivity contribution >= 4 is 26.9 Å². The van der Waals surface area contributed by atoms with E-state index < -0.39 is 16.0 Å². The predicted molar refractivity (Wildman–Crippen MR) is 103 cm³/mol. The summed E-state index contributed by atoms with van der Waals surface area (Å²) < 4.78 is 34.4. The standard InChI is InChI=1S/C20H22N2O5S.Na/c1-27-16-7-8-19-18(13-16)15(14-22(19)12-10-20(23)24)9-11-21-28(25,26)17-5-3-2-4-6-17;/h2-8,13-14,21H,9-12H2,1H3,(H,23,24);/q;+1/p-1. The van der Waals surface area contributed by atoms with Gasteiger partial charge in [0.15, 0.2) is 0 Å². The quantitative estimate of drug-likeness (QED) is 0.414. The first-order valence-corrected chi connectivity index (χ1v) is 10.3. The van der Waals surface area contributed by atoms with Crippen LogP contribution in [-0.4, -0.2) is 32.6 Å². The number of aromatic nitrogens is 1. The third-order valence-electron chi connectivity index (χ3n) is 4.47. The summed E-state index contributed by atoms with van der Waals surface area (Å²) in [5.74, 6) is -0.441. The molecule has 0 aliphatic rings. The predicted octanol–water partition coefficient (Wildman–Crippen LogP) is -1.69. The van der Waals surface area contributed by atoms with Crippen LogP contribution in [0.3, 0.4) is 0 Å². The van der Waals surface area contributed by atoms with Crippen molar-refractivity contribution in [3.8, 4) is 5.75 Å². The van der Waals surface area contributed by atoms with Crippen molar-refractivity contribution in [2.24, 2.45) is 0 Å². The van der Waals surface area contributed by atoms with Crippen LogP contribution in [0.15, 0.2) is 59.6 Å². The van der Waals surface area contributed by atoms with Gasteiger partial charge in [0, 0.05) is 42.6 Å². The molecule has 0 spiro atoms. The molecule has 0 unspecified atom stereocenters. The Morgan fingerprint density at radius 3 is 2.55 bits per heavy atom. The van der Waals surface area contributed by atoms with Gasteiger partial charge in [-0.25, -0.2) is 13.1 Å². The Bertz CT molecular complexity index is 1080. The minimum atomic E-state index is -3.58. The third-order valence-corrected chi connectivity index (χ3v) is 5.94. The number of methoxy groups -OCH3 is 1. The molecule has 0 radical (unpaired) electrons. The molecule has 1 aromatic heterocycles. The number of carbonyl (C=O) groups is 1. The van der Waals surface area contributed by atoms with Gasteiger partial charge < -0.3 is 19.2 Å². The first-order chi connectivity index (χ1) is 13.4. The largest absolute Gasteiger partial charge is 1.00 e. The fourth-order valence-electron chi connectivity index (χ4n) is 3.08. The van der Waals surface area contributed by atoms with Gasteiger partial charge in [-0.3, -0.25) is 0 Å². The van der Waals surface area contributed by atoms with Gasteiger partial charge in [-0.15, -0.1) is 0 Å². The van der Waals surface area contributed by atoms with Gasteiger partial charge in [0.05, 0.1) is 12.0 Å². The minimum absolute atomic E-state index is 0. The van der Waals surface area contributed by atoms with Crippen molar-refractivity contribution in [1.29, 1.82) is 0 Å². The Morgan fingerprint density at radius 2 is 1.90 bits per heavy atom. The maximum atomic E-state index is 12.4. The van der Waals surface area contributed by atoms with E-state index in [1.807, 2.05) is 22.9 Å². The van der Waals surface area contributed by atoms with E-state index in [1.54, 1.807) is 43.5 Å². The number of rotatable bonds is 9. The van der Waals surface area contributed by atoms with Gasteiger partial charge in [-0.1, -0.05) is 18.2 Å². The van der Waals surface area contributed by atoms with Crippen LogP contribution in [0.1, 0.15) is 12.0 Å². The smallest absolute Gasteiger partial charge is 0.550 e. The van der Waals surface area contributed by atoms with Crippen LogP contribution in [-0.2, 0) is 27.8 Å². The summed E-state index contributed by atoms with van der Waals surface area (Å²) in [6.45, 7) is 0.495. The number of aryl methyl sites for hydroxylation is 1. The molecule has 0 saturated carbocycles. The molecule has 0 atom stereocenters. The molecule has 3 aromatic rings. The second-order valence-electron chi connectivity index (χ2n) is 6.31. The second-order valence-corrected chi connectivity index (χ2v) is 8.08. The zero-order valence-corrected chi connectivity index (χ0v) is 19.2. The average Bonchev–Trinajstić information content (AvgIpc) is 3.04. The molecular formula is C20H21N2NaO5S. The number of carboxylic acids is 1. The van der Waals surface area contributed by atoms with Crippen LogP contribution in [0, 0.1) is 0 Å². The topological polar surface area (TPSA) is 100 Å². The van der Waals surface area contributed by atoms with Gasteiger partial charge in [0.2, 0.25) is 10.0 Å². The summed E-state index contributed by atoms with van der Waals surface area (Å²) >= 11 is 0. The molecule has 148 valence electrons. The summed E-state index contributed by atoms with van der Waals surface area (Å²) in [5, 5.41) is 11.7. The Kier molecular flexibility index (Phi) is 8.30. The van der Waals surface area contributed by atoms with Crippen molar-refractivity contribution in [3.63, 3.8) is 0 Å². The first kappa shape index (κ1) is 23.4. The number of fused-ring (bicyclic) bond motifs is 1. The number of benzene rings is 2. The van der Waals surface area contributed by atoms with Crippen LogP contribution < -0.4 is 44.1 Å². The molecule has 3 rings (SSSR count). The molecule has 0 saturated heterocycles. The van der Waals surface area contributed by atoms with Crippen molar-refractivity contribution in [1.82, 2.24) is 9.29 Å². The van der Waals surface area contributed by atoms with E-state index in [2.05, 4.69) is 4.72 Å². The van der Waals surface area contributed by atoms with Crippen LogP contribution in [0.5, 0.6) is 5.75 Å². The average molecular weight is 424 g/mol. The zero-order valence-electron chi connectivity index (χ0n) is 16.4. The van der Waals surface area contributed by atoms with E-state index in [9.17, 15) is 18.3 Å². The van der Waals surface area contributed by atoms with Crippen molar-refractivity contribution in [3.05, 3.63) is 60.3 Å². The normalized spacial score (nSPS) is 11.2. The minimum Gasteiger partial charge on any atom is -0.550 e. The maximum Gasteiger partial charge on any atom is 1.00 e. The molecule has 0 amide bonds. The van der Waals surface area contributed by atoms with Crippen molar-refractivity contribution < 1.29 is 52.6 Å². The molecule has 1 heterocycles. The first-order valence-electron chi connectivity index (χ1n) is 8.81. The van der Waals surface area contributed by atoms with Gasteiger partial charge in [0.1, 0.15) is 5.75 Å². The van der Waals surface area contributed by atoms with Gasteiger partial charge in [-0.05, 0) is 42.3 Å². The van der Waals surface area contributed by atoms with Crippen LogP contribution in [0.2, 0.25) is 0 Å². The molecule has 1 N–H and O–H groups in total. The molecule has 0 aliphatic carbocycles. The number of ether oxygens (including phenoxy) is 1. The number of carboxylic acid groups (broad SMARTS) is 1. The van der Waals surface area contributed by atoms with E-state index in [0.717, 1.165) is 16.5 Å². The van der Waals surface area contributed by atoms with Gasteiger partial charge in [-0.2, -0.15) is 0 Å². The molecule has 9 heteroatoms. The monoisotopic (exact) mass is 424 g/mol. The second kappa shape index (κ2) is 10.3. The van der Waals surface area contributed by atoms with E-state index >= 15 is 0 Å². The Morgan fingerprint density at radius 1 is 1.17 bits per heavy atom. The van der Waals surface area contributed by atoms with E-state index in [4.69, 9.17) is 4.74 Å². The van der Waals surface area contributed by atoms with Crippen LogP contribution in [0.4, 0.5) is 0 Å². The Balaban J connectivity index is 0.00000300. The van der Waals surface area contributed by atoms with Crippen LogP contribution >= 0.6 is 0 Å². The molecule has 7 nitrogen and oxygen atoms in total. The summed E-state index contributed by atoms with van der Waals surface area (Å²) in [7, 11) is -2.01. The summed E-state index contributed by atoms with van der Waals surface area (Å²) in [6, 6.07) is 13.7. The van der Waals surface area contributed by atoms with Gasteiger partial charge >= 0.3 is 29.6 Å². The van der Waals surface area contributed by atoms with E-state index in [-0.39, 0.29) is 54.0 Å². The number of aliphatic carboxylic acids is 1. The Hall–Kier alpha value is -1.84. The number of carbonyl (C=O) groups excluding carboxylic acids is 1. The molecule has 29 heavy (non-hydrogen) atoms. The third kappa shape index (κ3) is 5.83. The maximum absolute atomic E-state index is 12.4. The number of hydrogen-bond donors (Lipinski definition) is 1. The fourth-order valence-corrected chi connectivity index (χ4v) is 4.13. The summed E-state index contributed by atoms with van der Waals surface area (Å²) in [4.78, 5) is 11.0. The van der Waals surface area contributed by atoms with Gasteiger partial charge in [0.25, 0.3) is 0 Å². The van der Waals surface area contributed by atoms with Crippen molar-refractivity contribution in [2.45, 2.75) is 24.3 Å². The number of nitrogens with zero attached hydrogens (tertiary/aromatic N) is 1. The number of nitrogens with one attached hydrogen (secondary N) is 1. The fraction of sp³-hybridized carbons (Fsp3) is 0.250.